The van der Waals surface area contributed by atoms with E-state index in [1.807, 2.05) is 27.7 Å². The summed E-state index contributed by atoms with van der Waals surface area (Å²) in [6.45, 7) is 17.2. The van der Waals surface area contributed by atoms with E-state index in [-0.39, 0.29) is 43.5 Å². The number of carbonyl (C=O) groups excluding carboxylic acids is 1. The number of fused-ring (bicyclic) bond motifs is 3. The maximum absolute atomic E-state index is 11.7. The number of aryl methyl sites for hydroxylation is 2. The third-order valence-corrected chi connectivity index (χ3v) is 10.0. The first-order chi connectivity index (χ1) is 21.5. The zero-order chi connectivity index (χ0) is 32.7. The number of aliphatic hydroxyl groups excluding tert-OH is 1. The Morgan fingerprint density at radius 3 is 2.15 bits per heavy atom. The second kappa shape index (κ2) is 16.8. The topological polar surface area (TPSA) is 50.2 Å². The maximum atomic E-state index is 11.7. The number of carbonyl (C=O) groups is 1. The number of pyridine rings is 1. The molecule has 0 aliphatic heterocycles. The van der Waals surface area contributed by atoms with Gasteiger partial charge in [0.1, 0.15) is 0 Å². The molecule has 1 radical (unpaired) electrons. The summed E-state index contributed by atoms with van der Waals surface area (Å²) < 4.78 is 0. The van der Waals surface area contributed by atoms with Gasteiger partial charge >= 0.3 is 0 Å². The molecule has 4 aromatic rings. The maximum Gasteiger partial charge on any atom is 0.162 e. The van der Waals surface area contributed by atoms with Crippen LogP contribution in [-0.2, 0) is 24.9 Å². The van der Waals surface area contributed by atoms with Crippen molar-refractivity contribution in [1.29, 1.82) is 0 Å². The molecule has 0 saturated heterocycles. The Labute approximate surface area is 291 Å². The fourth-order valence-electron chi connectivity index (χ4n) is 6.99. The summed E-state index contributed by atoms with van der Waals surface area (Å²) in [5.41, 5.74) is 7.69. The summed E-state index contributed by atoms with van der Waals surface area (Å²) in [6.07, 6.45) is 10.0. The summed E-state index contributed by atoms with van der Waals surface area (Å²) in [5, 5.41) is 13.6. The quantitative estimate of drug-likeness (QED) is 0.0794. The van der Waals surface area contributed by atoms with Crippen LogP contribution in [0.1, 0.15) is 116 Å². The molecule has 46 heavy (non-hydrogen) atoms. The molecule has 0 spiro atoms. The Morgan fingerprint density at radius 2 is 1.54 bits per heavy atom. The normalized spacial score (nSPS) is 15.1. The zero-order valence-electron chi connectivity index (χ0n) is 29.3. The Balaban J connectivity index is 0.000000309. The Morgan fingerprint density at radius 1 is 0.913 bits per heavy atom. The molecule has 3 aromatic carbocycles. The van der Waals surface area contributed by atoms with Crippen LogP contribution in [0.5, 0.6) is 0 Å². The first-order valence-corrected chi connectivity index (χ1v) is 17.3. The van der Waals surface area contributed by atoms with Gasteiger partial charge in [0.25, 0.3) is 0 Å². The largest absolute Gasteiger partial charge is 0.512 e. The molecule has 249 valence electrons. The summed E-state index contributed by atoms with van der Waals surface area (Å²) in [4.78, 5) is 16.9. The van der Waals surface area contributed by atoms with Crippen molar-refractivity contribution >= 4 is 27.5 Å². The Hall–Kier alpha value is -2.81. The number of benzene rings is 3. The predicted molar refractivity (Wildman–Crippen MR) is 192 cm³/mol. The third-order valence-electron chi connectivity index (χ3n) is 10.0. The number of aromatic nitrogens is 1. The predicted octanol–water partition coefficient (Wildman–Crippen LogP) is 12.0. The molecule has 3 nitrogen and oxygen atoms in total. The molecule has 0 unspecified atom stereocenters. The van der Waals surface area contributed by atoms with Gasteiger partial charge in [0.05, 0.1) is 11.3 Å². The number of ketones is 1. The molecule has 1 saturated carbocycles. The fourth-order valence-corrected chi connectivity index (χ4v) is 6.99. The first-order valence-electron chi connectivity index (χ1n) is 17.3. The molecule has 5 rings (SSSR count). The van der Waals surface area contributed by atoms with Gasteiger partial charge in [-0.05, 0) is 79.3 Å². The van der Waals surface area contributed by atoms with E-state index in [2.05, 4.69) is 88.4 Å². The van der Waals surface area contributed by atoms with Crippen LogP contribution in [0.3, 0.4) is 0 Å². The summed E-state index contributed by atoms with van der Waals surface area (Å²) in [5.74, 6) is 1.15. The molecule has 4 heteroatoms. The van der Waals surface area contributed by atoms with E-state index >= 15 is 0 Å². The molecular formula is C42H54IrNO2-. The Kier molecular flexibility index (Phi) is 13.8. The van der Waals surface area contributed by atoms with E-state index in [0.29, 0.717) is 11.3 Å². The summed E-state index contributed by atoms with van der Waals surface area (Å²) in [6, 6.07) is 23.5. The van der Waals surface area contributed by atoms with Gasteiger partial charge in [-0.25, -0.2) is 0 Å². The Bertz CT molecular complexity index is 1610. The van der Waals surface area contributed by atoms with Gasteiger partial charge in [0, 0.05) is 48.8 Å². The van der Waals surface area contributed by atoms with Crippen molar-refractivity contribution in [2.75, 3.05) is 0 Å². The van der Waals surface area contributed by atoms with E-state index in [0.717, 1.165) is 42.5 Å². The second-order valence-electron chi connectivity index (χ2n) is 14.0. The number of hydrogen-bond acceptors (Lipinski definition) is 3. The van der Waals surface area contributed by atoms with Gasteiger partial charge in [-0.15, -0.1) is 34.9 Å². The van der Waals surface area contributed by atoms with E-state index in [9.17, 15) is 9.90 Å². The number of hydrogen-bond donors (Lipinski definition) is 1. The monoisotopic (exact) mass is 797 g/mol. The van der Waals surface area contributed by atoms with Crippen molar-refractivity contribution < 1.29 is 30.0 Å². The number of nitrogens with zero attached hydrogens (tertiary/aromatic N) is 1. The van der Waals surface area contributed by atoms with Crippen LogP contribution in [0.2, 0.25) is 0 Å². The molecular weight excluding hydrogens is 743 g/mol. The zero-order valence-corrected chi connectivity index (χ0v) is 31.7. The minimum atomic E-state index is 0. The summed E-state index contributed by atoms with van der Waals surface area (Å²) in [7, 11) is 0. The average molecular weight is 797 g/mol. The van der Waals surface area contributed by atoms with Crippen LogP contribution >= 0.6 is 0 Å². The van der Waals surface area contributed by atoms with E-state index in [4.69, 9.17) is 4.98 Å². The van der Waals surface area contributed by atoms with Gasteiger partial charge in [-0.2, -0.15) is 0 Å². The van der Waals surface area contributed by atoms with E-state index < -0.39 is 0 Å². The van der Waals surface area contributed by atoms with Crippen LogP contribution in [0.25, 0.3) is 32.9 Å². The minimum absolute atomic E-state index is 0. The molecule has 0 atom stereocenters. The van der Waals surface area contributed by atoms with E-state index in [1.165, 1.54) is 64.6 Å². The summed E-state index contributed by atoms with van der Waals surface area (Å²) >= 11 is 0. The molecule has 0 bridgehead atoms. The average Bonchev–Trinajstić information content (AvgIpc) is 3.01. The standard InChI is InChI=1S/C29H30N.C13H24O2.Ir/c1-19-15-20(2)17-23(16-19)27-18-26(22-11-13-29(3,4)14-12-22)25-10-9-21-7-5-6-8-24(21)28(25)30-27;1-5-10(6-2)12(14)9-13(15)11(7-3)8-4;/h5-10,15-16,18,22H,11-14H2,1-4H3;9-11,14H,5-8H2,1-4H3;/q-1;;/b;12-9-;. The van der Waals surface area contributed by atoms with Crippen molar-refractivity contribution in [2.24, 2.45) is 17.3 Å². The minimum Gasteiger partial charge on any atom is -0.512 e. The van der Waals surface area contributed by atoms with Gasteiger partial charge in [0.2, 0.25) is 0 Å². The van der Waals surface area contributed by atoms with E-state index in [1.54, 1.807) is 0 Å². The first kappa shape index (κ1) is 37.6. The van der Waals surface area contributed by atoms with Gasteiger partial charge in [-0.1, -0.05) is 97.9 Å². The van der Waals surface area contributed by atoms with Gasteiger partial charge in [0.15, 0.2) is 5.78 Å². The van der Waals surface area contributed by atoms with Gasteiger partial charge < -0.3 is 5.11 Å². The molecule has 1 N–H and O–H groups in total. The van der Waals surface area contributed by atoms with Crippen molar-refractivity contribution in [1.82, 2.24) is 4.98 Å². The van der Waals surface area contributed by atoms with Crippen LogP contribution in [0, 0.1) is 37.2 Å². The van der Waals surface area contributed by atoms with Crippen molar-refractivity contribution in [3.63, 3.8) is 0 Å². The van der Waals surface area contributed by atoms with Gasteiger partial charge in [-0.3, -0.25) is 9.78 Å². The molecule has 1 fully saturated rings. The van der Waals surface area contributed by atoms with Crippen LogP contribution in [0.15, 0.2) is 66.4 Å². The molecule has 1 heterocycles. The third kappa shape index (κ3) is 9.17. The fraction of sp³-hybridized carbons (Fsp3) is 0.476. The van der Waals surface area contributed by atoms with Crippen molar-refractivity contribution in [3.05, 3.63) is 89.2 Å². The van der Waals surface area contributed by atoms with Crippen LogP contribution < -0.4 is 0 Å². The van der Waals surface area contributed by atoms with Crippen molar-refractivity contribution in [2.45, 2.75) is 113 Å². The number of rotatable bonds is 9. The van der Waals surface area contributed by atoms with Crippen LogP contribution in [-0.4, -0.2) is 15.9 Å². The second-order valence-corrected chi connectivity index (χ2v) is 14.0. The molecule has 0 amide bonds. The molecule has 1 aromatic heterocycles. The number of aliphatic hydroxyl groups is 1. The molecule has 1 aliphatic rings. The molecule has 1 aliphatic carbocycles. The smallest absolute Gasteiger partial charge is 0.162 e. The van der Waals surface area contributed by atoms with Crippen LogP contribution in [0.4, 0.5) is 0 Å². The van der Waals surface area contributed by atoms with Crippen molar-refractivity contribution in [3.8, 4) is 11.3 Å². The number of allylic oxidation sites excluding steroid dienone is 2. The SMILES string of the molecule is CCC(CC)C(=O)/C=C(\O)C(CC)CC.Cc1[c-]c(-c2cc(C3CCC(C)(C)CC3)c3ccc4ccccc4c3n2)cc(C)c1.[Ir].